The number of carbonyl (C=O) groups is 1. The van der Waals surface area contributed by atoms with Crippen molar-refractivity contribution in [2.45, 2.75) is 25.4 Å². The van der Waals surface area contributed by atoms with Crippen molar-refractivity contribution in [3.05, 3.63) is 18.2 Å². The van der Waals surface area contributed by atoms with Gasteiger partial charge in [0.1, 0.15) is 5.75 Å². The molecule has 1 aromatic rings. The number of benzene rings is 1. The average Bonchev–Trinajstić information content (AvgIpc) is 2.48. The van der Waals surface area contributed by atoms with E-state index in [0.717, 1.165) is 25.2 Å². The smallest absolute Gasteiger partial charge is 0.234 e. The molecule has 1 aromatic carbocycles. The van der Waals surface area contributed by atoms with Gasteiger partial charge < -0.3 is 20.5 Å². The first-order valence-electron chi connectivity index (χ1n) is 7.11. The summed E-state index contributed by atoms with van der Waals surface area (Å²) < 4.78 is 10.7. The van der Waals surface area contributed by atoms with E-state index in [1.807, 2.05) is 0 Å². The summed E-state index contributed by atoms with van der Waals surface area (Å²) in [5, 5.41) is 2.84. The Morgan fingerprint density at radius 2 is 2.38 bits per heavy atom. The highest BCUT2D eigenvalue weighted by Gasteiger charge is 2.14. The maximum atomic E-state index is 11.9. The molecular weight excluding hydrogens is 288 g/mol. The molecule has 1 amide bonds. The zero-order chi connectivity index (χ0) is 15.1. The van der Waals surface area contributed by atoms with Crippen molar-refractivity contribution >= 4 is 29.0 Å². The number of hydrogen-bond donors (Lipinski definition) is 2. The van der Waals surface area contributed by atoms with Gasteiger partial charge in [-0.3, -0.25) is 4.79 Å². The number of ether oxygens (including phenoxy) is 2. The summed E-state index contributed by atoms with van der Waals surface area (Å²) in [5.41, 5.74) is 7.01. The Labute approximate surface area is 129 Å². The van der Waals surface area contributed by atoms with E-state index in [-0.39, 0.29) is 5.91 Å². The van der Waals surface area contributed by atoms with Crippen LogP contribution in [0.25, 0.3) is 0 Å². The van der Waals surface area contributed by atoms with E-state index in [9.17, 15) is 4.79 Å². The number of amides is 1. The van der Waals surface area contributed by atoms with Crippen molar-refractivity contribution in [3.63, 3.8) is 0 Å². The molecule has 2 rings (SSSR count). The van der Waals surface area contributed by atoms with Gasteiger partial charge in [-0.15, -0.1) is 11.8 Å². The van der Waals surface area contributed by atoms with Crippen LogP contribution in [-0.4, -0.2) is 37.2 Å². The first-order chi connectivity index (χ1) is 10.2. The van der Waals surface area contributed by atoms with Crippen LogP contribution in [0.5, 0.6) is 5.75 Å². The number of rotatable bonds is 6. The fourth-order valence-electron chi connectivity index (χ4n) is 2.23. The summed E-state index contributed by atoms with van der Waals surface area (Å²) in [6, 6.07) is 5.22. The van der Waals surface area contributed by atoms with E-state index in [2.05, 4.69) is 5.32 Å². The fraction of sp³-hybridized carbons (Fsp3) is 0.533. The van der Waals surface area contributed by atoms with E-state index < -0.39 is 0 Å². The van der Waals surface area contributed by atoms with Gasteiger partial charge in [-0.05, 0) is 37.5 Å². The lowest BCUT2D eigenvalue weighted by atomic mass is 10.1. The van der Waals surface area contributed by atoms with Crippen molar-refractivity contribution in [1.29, 1.82) is 0 Å². The van der Waals surface area contributed by atoms with Crippen LogP contribution in [0.3, 0.4) is 0 Å². The molecule has 5 nitrogen and oxygen atoms in total. The van der Waals surface area contributed by atoms with Gasteiger partial charge in [0.25, 0.3) is 0 Å². The van der Waals surface area contributed by atoms with Gasteiger partial charge in [0.2, 0.25) is 5.91 Å². The maximum absolute atomic E-state index is 11.9. The van der Waals surface area contributed by atoms with Gasteiger partial charge in [-0.25, -0.2) is 0 Å². The average molecular weight is 310 g/mol. The van der Waals surface area contributed by atoms with Gasteiger partial charge >= 0.3 is 0 Å². The lowest BCUT2D eigenvalue weighted by Gasteiger charge is -2.21. The Kier molecular flexibility index (Phi) is 6.20. The number of hydrogen-bond acceptors (Lipinski definition) is 5. The SMILES string of the molecule is COc1ccc(NC(=O)CSCC2CCCCO2)cc1N. The monoisotopic (exact) mass is 310 g/mol. The number of carbonyl (C=O) groups excluding carboxylic acids is 1. The van der Waals surface area contributed by atoms with E-state index in [0.29, 0.717) is 29.0 Å². The standard InChI is InChI=1S/C15H22N2O3S/c1-19-14-6-5-11(8-13(14)16)17-15(18)10-21-9-12-4-2-3-7-20-12/h5-6,8,12H,2-4,7,9-10,16H2,1H3,(H,17,18). The molecule has 0 aliphatic carbocycles. The molecule has 1 atom stereocenters. The molecule has 1 heterocycles. The minimum absolute atomic E-state index is 0.0274. The molecule has 0 radical (unpaired) electrons. The largest absolute Gasteiger partial charge is 0.495 e. The van der Waals surface area contributed by atoms with Crippen LogP contribution in [0.1, 0.15) is 19.3 Å². The summed E-state index contributed by atoms with van der Waals surface area (Å²) in [6.07, 6.45) is 3.78. The highest BCUT2D eigenvalue weighted by atomic mass is 32.2. The topological polar surface area (TPSA) is 73.6 Å². The van der Waals surface area contributed by atoms with E-state index in [4.69, 9.17) is 15.2 Å². The summed E-state index contributed by atoms with van der Waals surface area (Å²) in [5.74, 6) is 1.88. The zero-order valence-corrected chi connectivity index (χ0v) is 13.1. The van der Waals surface area contributed by atoms with Crippen LogP contribution in [0.15, 0.2) is 18.2 Å². The molecule has 0 bridgehead atoms. The lowest BCUT2D eigenvalue weighted by Crippen LogP contribution is -2.23. The van der Waals surface area contributed by atoms with Crippen molar-refractivity contribution in [2.24, 2.45) is 0 Å². The van der Waals surface area contributed by atoms with E-state index in [1.165, 1.54) is 6.42 Å². The second-order valence-corrected chi connectivity index (χ2v) is 6.04. The summed E-state index contributed by atoms with van der Waals surface area (Å²) in [7, 11) is 1.56. The molecule has 3 N–H and O–H groups in total. The van der Waals surface area contributed by atoms with Crippen LogP contribution >= 0.6 is 11.8 Å². The van der Waals surface area contributed by atoms with Crippen LogP contribution in [0.2, 0.25) is 0 Å². The minimum atomic E-state index is -0.0274. The van der Waals surface area contributed by atoms with Crippen molar-refractivity contribution in [3.8, 4) is 5.75 Å². The Morgan fingerprint density at radius 3 is 3.05 bits per heavy atom. The Morgan fingerprint density at radius 1 is 1.52 bits per heavy atom. The number of anilines is 2. The van der Waals surface area contributed by atoms with Crippen molar-refractivity contribution < 1.29 is 14.3 Å². The third-order valence-corrected chi connectivity index (χ3v) is 4.40. The number of thioether (sulfide) groups is 1. The third-order valence-electron chi connectivity index (χ3n) is 3.32. The molecular formula is C15H22N2O3S. The number of nitrogens with one attached hydrogen (secondary N) is 1. The molecule has 1 saturated heterocycles. The van der Waals surface area contributed by atoms with E-state index >= 15 is 0 Å². The summed E-state index contributed by atoms with van der Waals surface area (Å²) in [6.45, 7) is 0.850. The quantitative estimate of drug-likeness (QED) is 0.790. The lowest BCUT2D eigenvalue weighted by molar-refractivity contribution is -0.113. The fourth-order valence-corrected chi connectivity index (χ4v) is 3.13. The second kappa shape index (κ2) is 8.14. The molecule has 1 unspecified atom stereocenters. The molecule has 1 aliphatic rings. The van der Waals surface area contributed by atoms with E-state index in [1.54, 1.807) is 37.1 Å². The molecule has 1 fully saturated rings. The van der Waals surface area contributed by atoms with Crippen LogP contribution < -0.4 is 15.8 Å². The van der Waals surface area contributed by atoms with Crippen molar-refractivity contribution in [1.82, 2.24) is 0 Å². The molecule has 0 spiro atoms. The van der Waals surface area contributed by atoms with Gasteiger partial charge in [0, 0.05) is 18.0 Å². The number of nitrogens with two attached hydrogens (primary N) is 1. The molecule has 0 saturated carbocycles. The second-order valence-electron chi connectivity index (χ2n) is 5.01. The van der Waals surface area contributed by atoms with Crippen LogP contribution in [0.4, 0.5) is 11.4 Å². The first-order valence-corrected chi connectivity index (χ1v) is 8.27. The number of nitrogen functional groups attached to an aromatic ring is 1. The third kappa shape index (κ3) is 5.13. The highest BCUT2D eigenvalue weighted by Crippen LogP contribution is 2.24. The van der Waals surface area contributed by atoms with Crippen LogP contribution in [0, 0.1) is 0 Å². The Bertz CT molecular complexity index is 476. The van der Waals surface area contributed by atoms with Gasteiger partial charge in [-0.2, -0.15) is 0 Å². The van der Waals surface area contributed by atoms with Crippen LogP contribution in [-0.2, 0) is 9.53 Å². The Hall–Kier alpha value is -1.40. The molecule has 21 heavy (non-hydrogen) atoms. The maximum Gasteiger partial charge on any atom is 0.234 e. The zero-order valence-electron chi connectivity index (χ0n) is 12.3. The predicted molar refractivity (Wildman–Crippen MR) is 87.0 cm³/mol. The van der Waals surface area contributed by atoms with Crippen molar-refractivity contribution in [2.75, 3.05) is 36.3 Å². The summed E-state index contributed by atoms with van der Waals surface area (Å²) >= 11 is 1.61. The molecule has 0 aromatic heterocycles. The predicted octanol–water partition coefficient (Wildman–Crippen LogP) is 2.52. The van der Waals surface area contributed by atoms with Gasteiger partial charge in [-0.1, -0.05) is 0 Å². The van der Waals surface area contributed by atoms with Gasteiger partial charge in [0.15, 0.2) is 0 Å². The molecule has 1 aliphatic heterocycles. The normalized spacial score (nSPS) is 18.2. The number of methoxy groups -OCH3 is 1. The molecule has 116 valence electrons. The summed E-state index contributed by atoms with van der Waals surface area (Å²) in [4.78, 5) is 11.9. The Balaban J connectivity index is 1.72. The highest BCUT2D eigenvalue weighted by molar-refractivity contribution is 8.00. The molecule has 6 heteroatoms. The minimum Gasteiger partial charge on any atom is -0.495 e. The van der Waals surface area contributed by atoms with Gasteiger partial charge in [0.05, 0.1) is 24.7 Å². The first kappa shape index (κ1) is 16.0.